The van der Waals surface area contributed by atoms with Crippen LogP contribution in [0.4, 0.5) is 17.1 Å². The molecule has 0 atom stereocenters. The number of nitrogens with zero attached hydrogens (tertiary/aromatic N) is 2. The molecular weight excluding hydrogens is 825 g/mol. The Hall–Kier alpha value is -8.50. The van der Waals surface area contributed by atoms with E-state index in [4.69, 9.17) is 0 Å². The Kier molecular flexibility index (Phi) is 10.2. The van der Waals surface area contributed by atoms with Crippen LogP contribution in [0.5, 0.6) is 0 Å². The van der Waals surface area contributed by atoms with Gasteiger partial charge in [0.1, 0.15) is 0 Å². The van der Waals surface area contributed by atoms with Gasteiger partial charge in [0.15, 0.2) is 8.07 Å². The number of hydrogen-bond acceptors (Lipinski definition) is 1. The molecule has 67 heavy (non-hydrogen) atoms. The van der Waals surface area contributed by atoms with Crippen molar-refractivity contribution >= 4 is 78.5 Å². The van der Waals surface area contributed by atoms with Crippen LogP contribution in [-0.2, 0) is 0 Å². The van der Waals surface area contributed by atoms with E-state index < -0.39 is 8.07 Å². The highest BCUT2D eigenvalue weighted by Gasteiger charge is 2.41. The number of hydrogen-bond donors (Lipinski definition) is 0. The van der Waals surface area contributed by atoms with Crippen LogP contribution >= 0.6 is 0 Å². The highest BCUT2D eigenvalue weighted by Crippen LogP contribution is 2.43. The summed E-state index contributed by atoms with van der Waals surface area (Å²) in [6.07, 6.45) is 0. The third kappa shape index (κ3) is 6.87. The molecule has 0 aliphatic rings. The number of rotatable bonds is 10. The van der Waals surface area contributed by atoms with E-state index in [2.05, 4.69) is 289 Å². The molecule has 0 saturated carbocycles. The van der Waals surface area contributed by atoms with Crippen molar-refractivity contribution in [3.05, 3.63) is 279 Å². The molecule has 1 heterocycles. The zero-order valence-corrected chi connectivity index (χ0v) is 38.0. The molecule has 0 aliphatic carbocycles. The van der Waals surface area contributed by atoms with E-state index in [0.29, 0.717) is 0 Å². The lowest BCUT2D eigenvalue weighted by Crippen LogP contribution is -2.74. The van der Waals surface area contributed by atoms with Crippen LogP contribution in [0.25, 0.3) is 60.5 Å². The van der Waals surface area contributed by atoms with Crippen molar-refractivity contribution in [2.75, 3.05) is 4.90 Å². The van der Waals surface area contributed by atoms with Gasteiger partial charge in [-0.3, -0.25) is 0 Å². The van der Waals surface area contributed by atoms with Crippen molar-refractivity contribution in [3.8, 4) is 27.9 Å². The van der Waals surface area contributed by atoms with E-state index in [-0.39, 0.29) is 0 Å². The van der Waals surface area contributed by atoms with Crippen LogP contribution in [-0.4, -0.2) is 12.6 Å². The van der Waals surface area contributed by atoms with Gasteiger partial charge in [-0.25, -0.2) is 0 Å². The first-order valence-electron chi connectivity index (χ1n) is 23.1. The van der Waals surface area contributed by atoms with Gasteiger partial charge in [-0.15, -0.1) is 0 Å². The third-order valence-electron chi connectivity index (χ3n) is 13.6. The van der Waals surface area contributed by atoms with E-state index in [9.17, 15) is 0 Å². The lowest BCUT2D eigenvalue weighted by molar-refractivity contribution is 1.18. The molecular formula is C64H46N2Si. The van der Waals surface area contributed by atoms with Crippen molar-refractivity contribution in [3.63, 3.8) is 0 Å². The van der Waals surface area contributed by atoms with Crippen LogP contribution in [0.2, 0.25) is 0 Å². The second-order valence-electron chi connectivity index (χ2n) is 17.2. The van der Waals surface area contributed by atoms with Crippen molar-refractivity contribution in [1.82, 2.24) is 4.57 Å². The molecule has 11 aromatic carbocycles. The Balaban J connectivity index is 1.04. The monoisotopic (exact) mass is 870 g/mol. The number of fused-ring (bicyclic) bond motifs is 4. The number of para-hydroxylation sites is 2. The van der Waals surface area contributed by atoms with E-state index in [0.717, 1.165) is 22.7 Å². The van der Waals surface area contributed by atoms with E-state index in [1.54, 1.807) is 0 Å². The Morgan fingerprint density at radius 3 is 1.34 bits per heavy atom. The molecule has 12 aromatic rings. The van der Waals surface area contributed by atoms with Gasteiger partial charge in [0.05, 0.1) is 16.7 Å². The molecule has 0 N–H and O–H groups in total. The van der Waals surface area contributed by atoms with Gasteiger partial charge in [-0.05, 0) is 103 Å². The predicted molar refractivity (Wildman–Crippen MR) is 287 cm³/mol. The fraction of sp³-hybridized carbons (Fsp3) is 0. The highest BCUT2D eigenvalue weighted by molar-refractivity contribution is 7.19. The van der Waals surface area contributed by atoms with Crippen LogP contribution < -0.4 is 25.6 Å². The topological polar surface area (TPSA) is 8.17 Å². The standard InChI is InChI=1S/C64H46N2Si/c1-6-21-47(22-7-1)56-32-18-35-59-58(56)34-20-37-61(59)65(51-43-45-55(46-44-51)67(52-25-10-3-11-26-52,53-27-12-4-13-28-53)54-29-14-5-15-30-54)50-41-39-48(40-42-50)57-33-19-38-63-64(57)60-31-16-17-36-62(60)66(63)49-23-8-2-9-24-49/h1-46H. The zero-order chi connectivity index (χ0) is 44.6. The molecule has 0 saturated heterocycles. The summed E-state index contributed by atoms with van der Waals surface area (Å²) in [4.78, 5) is 2.45. The first-order valence-corrected chi connectivity index (χ1v) is 25.1. The molecule has 0 aliphatic heterocycles. The number of anilines is 3. The summed E-state index contributed by atoms with van der Waals surface area (Å²) in [6, 6.07) is 103. The van der Waals surface area contributed by atoms with Gasteiger partial charge < -0.3 is 9.47 Å². The Bertz CT molecular complexity index is 3550. The lowest BCUT2D eigenvalue weighted by atomic mass is 9.96. The molecule has 2 nitrogen and oxygen atoms in total. The van der Waals surface area contributed by atoms with Gasteiger partial charge in [-0.1, -0.05) is 224 Å². The second-order valence-corrected chi connectivity index (χ2v) is 21.0. The molecule has 316 valence electrons. The Morgan fingerprint density at radius 1 is 0.284 bits per heavy atom. The van der Waals surface area contributed by atoms with Crippen LogP contribution in [0.15, 0.2) is 279 Å². The fourth-order valence-corrected chi connectivity index (χ4v) is 15.4. The summed E-state index contributed by atoms with van der Waals surface area (Å²) in [5.74, 6) is 0. The number of benzene rings is 11. The maximum atomic E-state index is 2.45. The fourth-order valence-electron chi connectivity index (χ4n) is 10.6. The minimum Gasteiger partial charge on any atom is -0.310 e. The van der Waals surface area contributed by atoms with Gasteiger partial charge in [0.25, 0.3) is 0 Å². The van der Waals surface area contributed by atoms with Crippen molar-refractivity contribution in [2.45, 2.75) is 0 Å². The van der Waals surface area contributed by atoms with E-state index in [1.165, 1.54) is 75.6 Å². The average molecular weight is 871 g/mol. The summed E-state index contributed by atoms with van der Waals surface area (Å²) in [6.45, 7) is 0. The Morgan fingerprint density at radius 2 is 0.716 bits per heavy atom. The molecule has 0 unspecified atom stereocenters. The zero-order valence-electron chi connectivity index (χ0n) is 37.0. The summed E-state index contributed by atoms with van der Waals surface area (Å²) in [5.41, 5.74) is 11.7. The highest BCUT2D eigenvalue weighted by atomic mass is 28.3. The quantitative estimate of drug-likeness (QED) is 0.0982. The summed E-state index contributed by atoms with van der Waals surface area (Å²) in [7, 11) is -2.73. The van der Waals surface area contributed by atoms with Crippen molar-refractivity contribution < 1.29 is 0 Å². The smallest absolute Gasteiger partial charge is 0.179 e. The summed E-state index contributed by atoms with van der Waals surface area (Å²) < 4.78 is 2.39. The van der Waals surface area contributed by atoms with Gasteiger partial charge in [0.2, 0.25) is 0 Å². The largest absolute Gasteiger partial charge is 0.310 e. The number of aromatic nitrogens is 1. The minimum atomic E-state index is -2.73. The van der Waals surface area contributed by atoms with Gasteiger partial charge >= 0.3 is 0 Å². The lowest BCUT2D eigenvalue weighted by Gasteiger charge is -2.35. The molecule has 12 rings (SSSR count). The van der Waals surface area contributed by atoms with Crippen molar-refractivity contribution in [2.24, 2.45) is 0 Å². The molecule has 0 spiro atoms. The normalized spacial score (nSPS) is 11.6. The van der Waals surface area contributed by atoms with Crippen LogP contribution in [0.1, 0.15) is 0 Å². The van der Waals surface area contributed by atoms with E-state index in [1.807, 2.05) is 0 Å². The van der Waals surface area contributed by atoms with Gasteiger partial charge in [-0.2, -0.15) is 0 Å². The molecule has 3 heteroatoms. The maximum absolute atomic E-state index is 2.73. The van der Waals surface area contributed by atoms with Crippen LogP contribution in [0.3, 0.4) is 0 Å². The second kappa shape index (κ2) is 17.1. The minimum absolute atomic E-state index is 1.09. The first kappa shape index (κ1) is 40.0. The predicted octanol–water partition coefficient (Wildman–Crippen LogP) is 14.1. The molecule has 0 amide bonds. The third-order valence-corrected chi connectivity index (χ3v) is 18.3. The first-order chi connectivity index (χ1) is 33.3. The Labute approximate surface area is 392 Å². The summed E-state index contributed by atoms with van der Waals surface area (Å²) >= 11 is 0. The van der Waals surface area contributed by atoms with Crippen molar-refractivity contribution in [1.29, 1.82) is 0 Å². The average Bonchev–Trinajstić information content (AvgIpc) is 3.76. The molecule has 0 radical (unpaired) electrons. The van der Waals surface area contributed by atoms with Crippen LogP contribution in [0, 0.1) is 0 Å². The van der Waals surface area contributed by atoms with Gasteiger partial charge in [0, 0.05) is 33.2 Å². The molecule has 1 aromatic heterocycles. The summed E-state index contributed by atoms with van der Waals surface area (Å²) in [5, 5.41) is 10.3. The van der Waals surface area contributed by atoms with E-state index >= 15 is 0 Å². The molecule has 0 bridgehead atoms. The molecule has 0 fully saturated rings. The SMILES string of the molecule is c1ccc(-c2cccc3c(N(c4ccc(-c5cccc6c5c5ccccc5n6-c5ccccc5)cc4)c4ccc([Si](c5ccccc5)(c5ccccc5)c5ccccc5)cc4)cccc23)cc1. The maximum Gasteiger partial charge on any atom is 0.179 e.